The molecular formula is C16H21N5O3. The number of anilines is 1. The molecule has 0 aromatic carbocycles. The number of aryl methyl sites for hydroxylation is 1. The number of amides is 1. The molecule has 128 valence electrons. The molecule has 1 atom stereocenters. The van der Waals surface area contributed by atoms with Crippen LogP contribution in [0.3, 0.4) is 0 Å². The lowest BCUT2D eigenvalue weighted by Crippen LogP contribution is -2.43. The first-order valence-electron chi connectivity index (χ1n) is 7.88. The molecule has 0 spiro atoms. The Morgan fingerprint density at radius 2 is 2.08 bits per heavy atom. The largest absolute Gasteiger partial charge is 0.465 e. The van der Waals surface area contributed by atoms with Gasteiger partial charge in [-0.1, -0.05) is 0 Å². The van der Waals surface area contributed by atoms with Gasteiger partial charge >= 0.3 is 0 Å². The maximum absolute atomic E-state index is 12.3. The molecule has 1 aliphatic rings. The summed E-state index contributed by atoms with van der Waals surface area (Å²) in [6.07, 6.45) is 2.90. The predicted molar refractivity (Wildman–Crippen MR) is 87.4 cm³/mol. The second-order valence-electron chi connectivity index (χ2n) is 5.61. The van der Waals surface area contributed by atoms with Crippen LogP contribution in [0.2, 0.25) is 0 Å². The fourth-order valence-corrected chi connectivity index (χ4v) is 2.73. The summed E-state index contributed by atoms with van der Waals surface area (Å²) in [5.41, 5.74) is 5.84. The number of nitrogens with zero attached hydrogens (tertiary/aromatic N) is 3. The van der Waals surface area contributed by atoms with Gasteiger partial charge in [0.05, 0.1) is 19.3 Å². The van der Waals surface area contributed by atoms with Gasteiger partial charge in [-0.2, -0.15) is 0 Å². The fraction of sp³-hybridized carbons (Fsp3) is 0.438. The van der Waals surface area contributed by atoms with E-state index >= 15 is 0 Å². The standard InChI is InChI=1S/C16H21N5O3/c1-11-2-3-13(24-11)12(21-6-8-23-9-7-21)10-20-16(22)14-15(17)19-5-4-18-14/h2-5,12H,6-10H2,1H3,(H2,17,19)(H,20,22)/t12-/m0/s1. The number of rotatable bonds is 5. The van der Waals surface area contributed by atoms with Crippen LogP contribution in [0.1, 0.15) is 28.1 Å². The average Bonchev–Trinajstić information content (AvgIpc) is 3.02. The Kier molecular flexibility index (Phi) is 5.07. The van der Waals surface area contributed by atoms with Crippen molar-refractivity contribution in [2.75, 3.05) is 38.6 Å². The quantitative estimate of drug-likeness (QED) is 0.833. The van der Waals surface area contributed by atoms with E-state index in [1.54, 1.807) is 0 Å². The third-order valence-electron chi connectivity index (χ3n) is 3.97. The molecule has 2 aromatic heterocycles. The number of morpholine rings is 1. The number of nitrogen functional groups attached to an aromatic ring is 1. The molecule has 3 N–H and O–H groups in total. The molecule has 1 amide bonds. The molecule has 0 radical (unpaired) electrons. The Bertz CT molecular complexity index is 697. The zero-order valence-electron chi connectivity index (χ0n) is 13.6. The average molecular weight is 331 g/mol. The lowest BCUT2D eigenvalue weighted by molar-refractivity contribution is 0.0117. The van der Waals surface area contributed by atoms with E-state index in [0.717, 1.165) is 24.6 Å². The fourth-order valence-electron chi connectivity index (χ4n) is 2.73. The molecule has 3 heterocycles. The number of nitrogens with two attached hydrogens (primary N) is 1. The highest BCUT2D eigenvalue weighted by Crippen LogP contribution is 2.23. The molecule has 1 aliphatic heterocycles. The molecule has 1 fully saturated rings. The highest BCUT2D eigenvalue weighted by molar-refractivity contribution is 5.96. The normalized spacial score (nSPS) is 16.7. The third kappa shape index (κ3) is 3.72. The van der Waals surface area contributed by atoms with Crippen LogP contribution in [-0.4, -0.2) is 53.6 Å². The summed E-state index contributed by atoms with van der Waals surface area (Å²) in [4.78, 5) is 22.4. The molecule has 8 nitrogen and oxygen atoms in total. The van der Waals surface area contributed by atoms with E-state index in [-0.39, 0.29) is 23.5 Å². The van der Waals surface area contributed by atoms with Crippen molar-refractivity contribution in [3.63, 3.8) is 0 Å². The molecule has 24 heavy (non-hydrogen) atoms. The van der Waals surface area contributed by atoms with E-state index in [0.29, 0.717) is 19.8 Å². The summed E-state index contributed by atoms with van der Waals surface area (Å²) in [5, 5.41) is 2.88. The van der Waals surface area contributed by atoms with Crippen LogP contribution in [0.4, 0.5) is 5.82 Å². The predicted octanol–water partition coefficient (Wildman–Crippen LogP) is 0.764. The molecule has 3 rings (SSSR count). The lowest BCUT2D eigenvalue weighted by atomic mass is 10.1. The summed E-state index contributed by atoms with van der Waals surface area (Å²) in [7, 11) is 0. The zero-order chi connectivity index (χ0) is 16.9. The molecule has 0 unspecified atom stereocenters. The summed E-state index contributed by atoms with van der Waals surface area (Å²) in [6.45, 7) is 5.20. The summed E-state index contributed by atoms with van der Waals surface area (Å²) in [5.74, 6) is 1.43. The molecule has 0 aliphatic carbocycles. The SMILES string of the molecule is Cc1ccc([C@H](CNC(=O)c2nccnc2N)N2CCOCC2)o1. The summed E-state index contributed by atoms with van der Waals surface area (Å²) in [6, 6.07) is 3.80. The summed E-state index contributed by atoms with van der Waals surface area (Å²) >= 11 is 0. The molecular weight excluding hydrogens is 310 g/mol. The van der Waals surface area contributed by atoms with E-state index in [2.05, 4.69) is 20.2 Å². The van der Waals surface area contributed by atoms with Gasteiger partial charge in [0.15, 0.2) is 11.5 Å². The maximum Gasteiger partial charge on any atom is 0.273 e. The monoisotopic (exact) mass is 331 g/mol. The minimum absolute atomic E-state index is 0.0653. The van der Waals surface area contributed by atoms with Crippen molar-refractivity contribution in [1.82, 2.24) is 20.2 Å². The molecule has 0 bridgehead atoms. The number of nitrogens with one attached hydrogen (secondary N) is 1. The van der Waals surface area contributed by atoms with Gasteiger partial charge in [-0.25, -0.2) is 9.97 Å². The number of furan rings is 1. The van der Waals surface area contributed by atoms with Gasteiger partial charge in [0.1, 0.15) is 11.5 Å². The van der Waals surface area contributed by atoms with Crippen LogP contribution in [-0.2, 0) is 4.74 Å². The van der Waals surface area contributed by atoms with Crippen LogP contribution < -0.4 is 11.1 Å². The van der Waals surface area contributed by atoms with Crippen molar-refractivity contribution in [1.29, 1.82) is 0 Å². The van der Waals surface area contributed by atoms with Crippen molar-refractivity contribution >= 4 is 11.7 Å². The smallest absolute Gasteiger partial charge is 0.273 e. The van der Waals surface area contributed by atoms with Crippen LogP contribution in [0.25, 0.3) is 0 Å². The minimum atomic E-state index is -0.345. The Hall–Kier alpha value is -2.45. The van der Waals surface area contributed by atoms with Crippen molar-refractivity contribution in [3.8, 4) is 0 Å². The van der Waals surface area contributed by atoms with E-state index in [1.807, 2.05) is 19.1 Å². The Morgan fingerprint density at radius 3 is 2.75 bits per heavy atom. The number of hydrogen-bond acceptors (Lipinski definition) is 7. The van der Waals surface area contributed by atoms with E-state index in [1.165, 1.54) is 12.4 Å². The lowest BCUT2D eigenvalue weighted by Gasteiger charge is -2.33. The first kappa shape index (κ1) is 16.4. The van der Waals surface area contributed by atoms with Crippen molar-refractivity contribution < 1.29 is 13.9 Å². The van der Waals surface area contributed by atoms with Crippen LogP contribution in [0.15, 0.2) is 28.9 Å². The van der Waals surface area contributed by atoms with Gasteiger partial charge in [0, 0.05) is 32.0 Å². The van der Waals surface area contributed by atoms with Crippen molar-refractivity contribution in [2.24, 2.45) is 0 Å². The van der Waals surface area contributed by atoms with Gasteiger partial charge in [-0.05, 0) is 19.1 Å². The topological polar surface area (TPSA) is 107 Å². The molecule has 2 aromatic rings. The Morgan fingerprint density at radius 1 is 1.33 bits per heavy atom. The zero-order valence-corrected chi connectivity index (χ0v) is 13.6. The number of hydrogen-bond donors (Lipinski definition) is 2. The highest BCUT2D eigenvalue weighted by Gasteiger charge is 2.26. The van der Waals surface area contributed by atoms with Gasteiger partial charge in [0.25, 0.3) is 5.91 Å². The number of carbonyl (C=O) groups excluding carboxylic acids is 1. The van der Waals surface area contributed by atoms with Crippen LogP contribution >= 0.6 is 0 Å². The molecule has 0 saturated carbocycles. The van der Waals surface area contributed by atoms with Crippen molar-refractivity contribution in [3.05, 3.63) is 41.7 Å². The second kappa shape index (κ2) is 7.41. The second-order valence-corrected chi connectivity index (χ2v) is 5.61. The minimum Gasteiger partial charge on any atom is -0.465 e. The molecule has 1 saturated heterocycles. The number of carbonyl (C=O) groups is 1. The number of ether oxygens (including phenoxy) is 1. The Labute approximate surface area is 140 Å². The molecule has 8 heteroatoms. The maximum atomic E-state index is 12.3. The van der Waals surface area contributed by atoms with Crippen LogP contribution in [0, 0.1) is 6.92 Å². The first-order chi connectivity index (χ1) is 11.6. The first-order valence-corrected chi connectivity index (χ1v) is 7.88. The van der Waals surface area contributed by atoms with Gasteiger partial charge < -0.3 is 20.2 Å². The van der Waals surface area contributed by atoms with Gasteiger partial charge in [-0.15, -0.1) is 0 Å². The highest BCUT2D eigenvalue weighted by atomic mass is 16.5. The van der Waals surface area contributed by atoms with E-state index in [9.17, 15) is 4.79 Å². The van der Waals surface area contributed by atoms with Crippen molar-refractivity contribution in [2.45, 2.75) is 13.0 Å². The number of aromatic nitrogens is 2. The van der Waals surface area contributed by atoms with Gasteiger partial charge in [0.2, 0.25) is 0 Å². The summed E-state index contributed by atoms with van der Waals surface area (Å²) < 4.78 is 11.2. The Balaban J connectivity index is 1.72. The third-order valence-corrected chi connectivity index (χ3v) is 3.97. The van der Waals surface area contributed by atoms with E-state index < -0.39 is 0 Å². The van der Waals surface area contributed by atoms with E-state index in [4.69, 9.17) is 14.9 Å². The van der Waals surface area contributed by atoms with Crippen LogP contribution in [0.5, 0.6) is 0 Å². The van der Waals surface area contributed by atoms with Gasteiger partial charge in [-0.3, -0.25) is 9.69 Å².